The van der Waals surface area contributed by atoms with Crippen LogP contribution in [0.1, 0.15) is 41.6 Å². The first-order chi connectivity index (χ1) is 17.2. The molecule has 3 atom stereocenters. The molecule has 2 aromatic heterocycles. The number of halogens is 1. The third-order valence-corrected chi connectivity index (χ3v) is 7.69. The number of fused-ring (bicyclic) bond motifs is 2. The van der Waals surface area contributed by atoms with Gasteiger partial charge in [0.2, 0.25) is 5.75 Å². The number of nitrogens with one attached hydrogen (secondary N) is 1. The summed E-state index contributed by atoms with van der Waals surface area (Å²) in [5, 5.41) is 22.8. The zero-order valence-electron chi connectivity index (χ0n) is 19.8. The Kier molecular flexibility index (Phi) is 6.29. The Morgan fingerprint density at radius 3 is 2.69 bits per heavy atom. The number of hydrogen-bond acceptors (Lipinski definition) is 8. The van der Waals surface area contributed by atoms with E-state index in [-0.39, 0.29) is 29.4 Å². The minimum Gasteiger partial charge on any atom is -0.501 e. The van der Waals surface area contributed by atoms with Crippen molar-refractivity contribution in [1.29, 1.82) is 0 Å². The van der Waals surface area contributed by atoms with Gasteiger partial charge >= 0.3 is 11.8 Å². The summed E-state index contributed by atoms with van der Waals surface area (Å²) < 4.78 is 14.7. The third-order valence-electron chi connectivity index (χ3n) is 6.76. The highest BCUT2D eigenvalue weighted by molar-refractivity contribution is 7.14. The SMILES string of the molecule is CN(C)C(=O)C(=O)NC1CC2CCC1c1nc(-c3nnc(Cc4ccc(F)cc4)s3)c(O)c(=O)n1C2. The zero-order valence-corrected chi connectivity index (χ0v) is 20.6. The van der Waals surface area contributed by atoms with Crippen LogP contribution in [0, 0.1) is 11.7 Å². The molecular weight excluding hydrogens is 487 g/mol. The number of benzene rings is 1. The lowest BCUT2D eigenvalue weighted by atomic mass is 9.79. The van der Waals surface area contributed by atoms with Crippen molar-refractivity contribution in [3.8, 4) is 16.5 Å². The second kappa shape index (κ2) is 9.41. The third kappa shape index (κ3) is 4.48. The van der Waals surface area contributed by atoms with Gasteiger partial charge in [-0.1, -0.05) is 23.5 Å². The van der Waals surface area contributed by atoms with Crippen molar-refractivity contribution in [3.05, 3.63) is 56.8 Å². The van der Waals surface area contributed by atoms with Crippen LogP contribution in [0.3, 0.4) is 0 Å². The van der Waals surface area contributed by atoms with E-state index in [0.717, 1.165) is 12.0 Å². The largest absolute Gasteiger partial charge is 0.501 e. The molecule has 188 valence electrons. The molecule has 6 rings (SSSR count). The maximum Gasteiger partial charge on any atom is 0.311 e. The van der Waals surface area contributed by atoms with Gasteiger partial charge in [0.15, 0.2) is 10.7 Å². The number of amides is 2. The summed E-state index contributed by atoms with van der Waals surface area (Å²) in [6.07, 6.45) is 2.56. The molecule has 1 fully saturated rings. The van der Waals surface area contributed by atoms with Crippen molar-refractivity contribution < 1.29 is 19.1 Å². The fraction of sp³-hybridized carbons (Fsp3) is 0.417. The van der Waals surface area contributed by atoms with Crippen LogP contribution in [-0.4, -0.2) is 61.7 Å². The second-order valence-electron chi connectivity index (χ2n) is 9.45. The first-order valence-corrected chi connectivity index (χ1v) is 12.5. The number of hydrogen-bond donors (Lipinski definition) is 2. The van der Waals surface area contributed by atoms with Crippen LogP contribution in [0.15, 0.2) is 29.1 Å². The summed E-state index contributed by atoms with van der Waals surface area (Å²) in [4.78, 5) is 43.7. The minimum absolute atomic E-state index is 0.0499. The van der Waals surface area contributed by atoms with Crippen LogP contribution in [-0.2, 0) is 22.6 Å². The smallest absolute Gasteiger partial charge is 0.311 e. The Bertz CT molecular complexity index is 1390. The first-order valence-electron chi connectivity index (χ1n) is 11.6. The summed E-state index contributed by atoms with van der Waals surface area (Å²) in [5.74, 6) is -1.88. The van der Waals surface area contributed by atoms with Gasteiger partial charge in [0.1, 0.15) is 16.6 Å². The first kappa shape index (κ1) is 24.0. The van der Waals surface area contributed by atoms with E-state index >= 15 is 0 Å². The van der Waals surface area contributed by atoms with Crippen molar-refractivity contribution in [1.82, 2.24) is 30.0 Å². The molecule has 1 saturated carbocycles. The number of carbonyl (C=O) groups is 2. The molecule has 2 amide bonds. The number of carbonyl (C=O) groups excluding carboxylic acids is 2. The summed E-state index contributed by atoms with van der Waals surface area (Å²) in [6.45, 7) is 0.380. The molecule has 3 aliphatic rings. The van der Waals surface area contributed by atoms with Gasteiger partial charge in [-0.2, -0.15) is 0 Å². The Labute approximate surface area is 209 Å². The highest BCUT2D eigenvalue weighted by Gasteiger charge is 2.41. The Morgan fingerprint density at radius 1 is 1.22 bits per heavy atom. The van der Waals surface area contributed by atoms with E-state index in [2.05, 4.69) is 20.5 Å². The second-order valence-corrected chi connectivity index (χ2v) is 10.5. The molecule has 1 aromatic carbocycles. The molecule has 0 spiro atoms. The van der Waals surface area contributed by atoms with E-state index in [1.807, 2.05) is 0 Å². The summed E-state index contributed by atoms with van der Waals surface area (Å²) >= 11 is 1.20. The fourth-order valence-electron chi connectivity index (χ4n) is 4.95. The van der Waals surface area contributed by atoms with E-state index in [0.29, 0.717) is 41.6 Å². The Balaban J connectivity index is 1.47. The predicted molar refractivity (Wildman–Crippen MR) is 129 cm³/mol. The van der Waals surface area contributed by atoms with Crippen LogP contribution in [0.2, 0.25) is 0 Å². The lowest BCUT2D eigenvalue weighted by Crippen LogP contribution is -2.48. The van der Waals surface area contributed by atoms with Crippen molar-refractivity contribution in [2.45, 2.75) is 44.2 Å². The van der Waals surface area contributed by atoms with Gasteiger partial charge in [-0.3, -0.25) is 19.0 Å². The molecule has 12 heteroatoms. The van der Waals surface area contributed by atoms with Gasteiger partial charge in [0.25, 0.3) is 5.56 Å². The van der Waals surface area contributed by atoms with Gasteiger partial charge < -0.3 is 15.3 Å². The van der Waals surface area contributed by atoms with Crippen LogP contribution in [0.25, 0.3) is 10.7 Å². The molecule has 3 unspecified atom stereocenters. The monoisotopic (exact) mass is 512 g/mol. The van der Waals surface area contributed by atoms with Gasteiger partial charge in [-0.05, 0) is 42.9 Å². The molecule has 3 aromatic rings. The van der Waals surface area contributed by atoms with Gasteiger partial charge in [-0.15, -0.1) is 10.2 Å². The molecule has 2 bridgehead atoms. The zero-order chi connectivity index (χ0) is 25.6. The van der Waals surface area contributed by atoms with Crippen molar-refractivity contribution in [2.24, 2.45) is 5.92 Å². The van der Waals surface area contributed by atoms with Crippen LogP contribution >= 0.6 is 11.3 Å². The quantitative estimate of drug-likeness (QED) is 0.509. The predicted octanol–water partition coefficient (Wildman–Crippen LogP) is 1.67. The molecule has 0 radical (unpaired) electrons. The topological polar surface area (TPSA) is 130 Å². The Morgan fingerprint density at radius 2 is 1.97 bits per heavy atom. The maximum absolute atomic E-state index is 13.2. The molecule has 2 aliphatic heterocycles. The molecule has 10 nitrogen and oxygen atoms in total. The average Bonchev–Trinajstić information content (AvgIpc) is 3.17. The summed E-state index contributed by atoms with van der Waals surface area (Å²) in [5.41, 5.74) is 0.341. The average molecular weight is 513 g/mol. The number of likely N-dealkylation sites (N-methyl/N-ethyl adjacent to an activating group) is 1. The van der Waals surface area contributed by atoms with E-state index < -0.39 is 23.1 Å². The molecular formula is C24H25FN6O4S. The van der Waals surface area contributed by atoms with Gasteiger partial charge in [0, 0.05) is 39.0 Å². The van der Waals surface area contributed by atoms with Crippen LogP contribution in [0.4, 0.5) is 4.39 Å². The number of aromatic hydroxyl groups is 1. The van der Waals surface area contributed by atoms with Crippen LogP contribution in [0.5, 0.6) is 5.75 Å². The van der Waals surface area contributed by atoms with E-state index in [9.17, 15) is 23.9 Å². The minimum atomic E-state index is -0.694. The van der Waals surface area contributed by atoms with Crippen molar-refractivity contribution in [2.75, 3.05) is 14.1 Å². The number of aromatic nitrogens is 4. The lowest BCUT2D eigenvalue weighted by molar-refractivity contribution is -0.144. The van der Waals surface area contributed by atoms with Gasteiger partial charge in [0.05, 0.1) is 0 Å². The standard InChI is InChI=1S/C24H25FN6O4S/c1-30(2)24(35)21(33)26-16-9-13-5-8-15(16)20-27-18(19(32)23(34)31(20)11-13)22-29-28-17(36-22)10-12-3-6-14(25)7-4-12/h3-4,6-7,13,15-16,32H,5,8-11H2,1-2H3,(H,26,33). The fourth-order valence-corrected chi connectivity index (χ4v) is 5.82. The number of nitrogens with zero attached hydrogens (tertiary/aromatic N) is 5. The lowest BCUT2D eigenvalue weighted by Gasteiger charge is -2.32. The molecule has 36 heavy (non-hydrogen) atoms. The van der Waals surface area contributed by atoms with Crippen molar-refractivity contribution in [3.63, 3.8) is 0 Å². The molecule has 1 aliphatic carbocycles. The Hall–Kier alpha value is -3.67. The van der Waals surface area contributed by atoms with E-state index in [1.54, 1.807) is 12.1 Å². The van der Waals surface area contributed by atoms with E-state index in [1.165, 1.54) is 47.0 Å². The highest BCUT2D eigenvalue weighted by Crippen LogP contribution is 2.41. The molecule has 2 N–H and O–H groups in total. The summed E-state index contributed by atoms with van der Waals surface area (Å²) in [7, 11) is 3.03. The number of rotatable bonds is 4. The highest BCUT2D eigenvalue weighted by atomic mass is 32.1. The summed E-state index contributed by atoms with van der Waals surface area (Å²) in [6, 6.07) is 5.70. The van der Waals surface area contributed by atoms with Gasteiger partial charge in [-0.25, -0.2) is 9.37 Å². The molecule has 4 heterocycles. The molecule has 0 saturated heterocycles. The van der Waals surface area contributed by atoms with Crippen LogP contribution < -0.4 is 10.9 Å². The maximum atomic E-state index is 13.2. The van der Waals surface area contributed by atoms with Crippen molar-refractivity contribution >= 4 is 23.2 Å². The van der Waals surface area contributed by atoms with E-state index in [4.69, 9.17) is 0 Å². The normalized spacial score (nSPS) is 20.5.